The van der Waals surface area contributed by atoms with Crippen molar-refractivity contribution in [3.63, 3.8) is 0 Å². The van der Waals surface area contributed by atoms with Crippen LogP contribution in [0.25, 0.3) is 0 Å². The first-order valence-electron chi connectivity index (χ1n) is 5.30. The number of amides is 1. The Morgan fingerprint density at radius 2 is 2.06 bits per heavy atom. The molecule has 92 valence electrons. The van der Waals surface area contributed by atoms with E-state index < -0.39 is 0 Å². The molecule has 0 spiro atoms. The van der Waals surface area contributed by atoms with Crippen LogP contribution in [0.2, 0.25) is 5.15 Å². The van der Waals surface area contributed by atoms with Gasteiger partial charge < -0.3 is 5.32 Å². The van der Waals surface area contributed by atoms with Crippen molar-refractivity contribution < 1.29 is 4.79 Å². The summed E-state index contributed by atoms with van der Waals surface area (Å²) in [6.07, 6.45) is 1.46. The van der Waals surface area contributed by atoms with Crippen molar-refractivity contribution in [2.24, 2.45) is 0 Å². The zero-order valence-electron chi connectivity index (χ0n) is 9.36. The van der Waals surface area contributed by atoms with Gasteiger partial charge in [-0.05, 0) is 23.8 Å². The van der Waals surface area contributed by atoms with E-state index in [-0.39, 0.29) is 5.91 Å². The maximum absolute atomic E-state index is 11.8. The van der Waals surface area contributed by atoms with E-state index >= 15 is 0 Å². The molecule has 0 fully saturated rings. The van der Waals surface area contributed by atoms with E-state index in [4.69, 9.17) is 11.6 Å². The molecular formula is C13H10BrClN2O. The minimum Gasteiger partial charge on any atom is -0.348 e. The van der Waals surface area contributed by atoms with Crippen LogP contribution < -0.4 is 5.32 Å². The highest BCUT2D eigenvalue weighted by atomic mass is 79.9. The molecule has 0 unspecified atom stereocenters. The van der Waals surface area contributed by atoms with Crippen LogP contribution in [0.4, 0.5) is 0 Å². The van der Waals surface area contributed by atoms with Gasteiger partial charge in [-0.2, -0.15) is 0 Å². The van der Waals surface area contributed by atoms with Crippen molar-refractivity contribution >= 4 is 33.4 Å². The van der Waals surface area contributed by atoms with E-state index in [0.717, 1.165) is 10.0 Å². The van der Waals surface area contributed by atoms with Crippen LogP contribution in [0.5, 0.6) is 0 Å². The van der Waals surface area contributed by atoms with Crippen LogP contribution in [0, 0.1) is 0 Å². The van der Waals surface area contributed by atoms with Gasteiger partial charge in [-0.25, -0.2) is 4.98 Å². The molecule has 0 aliphatic rings. The average Bonchev–Trinajstić information content (AvgIpc) is 2.38. The largest absolute Gasteiger partial charge is 0.348 e. The molecule has 0 aliphatic heterocycles. The van der Waals surface area contributed by atoms with Crippen LogP contribution in [-0.4, -0.2) is 10.9 Å². The van der Waals surface area contributed by atoms with E-state index in [2.05, 4.69) is 26.2 Å². The first-order valence-corrected chi connectivity index (χ1v) is 6.47. The molecule has 1 amide bonds. The summed E-state index contributed by atoms with van der Waals surface area (Å²) >= 11 is 9.09. The van der Waals surface area contributed by atoms with Gasteiger partial charge in [-0.1, -0.05) is 45.7 Å². The maximum Gasteiger partial charge on any atom is 0.253 e. The maximum atomic E-state index is 11.8. The number of hydrogen-bond acceptors (Lipinski definition) is 2. The lowest BCUT2D eigenvalue weighted by atomic mass is 10.2. The summed E-state index contributed by atoms with van der Waals surface area (Å²) in [6.45, 7) is 0.461. The van der Waals surface area contributed by atoms with Crippen molar-refractivity contribution in [2.45, 2.75) is 6.54 Å². The van der Waals surface area contributed by atoms with E-state index in [9.17, 15) is 4.79 Å². The Morgan fingerprint density at radius 1 is 1.28 bits per heavy atom. The molecule has 1 heterocycles. The number of rotatable bonds is 3. The van der Waals surface area contributed by atoms with Crippen LogP contribution in [0.1, 0.15) is 15.9 Å². The van der Waals surface area contributed by atoms with Crippen LogP contribution in [0.3, 0.4) is 0 Å². The molecule has 0 saturated carbocycles. The predicted octanol–water partition coefficient (Wildman–Crippen LogP) is 3.43. The first-order chi connectivity index (χ1) is 8.66. The SMILES string of the molecule is O=C(NCc1ccccc1Br)c1ccc(Cl)nc1. The Balaban J connectivity index is 2.01. The van der Waals surface area contributed by atoms with Crippen LogP contribution >= 0.6 is 27.5 Å². The highest BCUT2D eigenvalue weighted by Gasteiger charge is 2.06. The third kappa shape index (κ3) is 3.31. The summed E-state index contributed by atoms with van der Waals surface area (Å²) in [6, 6.07) is 11.0. The lowest BCUT2D eigenvalue weighted by Crippen LogP contribution is -2.23. The molecule has 1 aromatic carbocycles. The zero-order chi connectivity index (χ0) is 13.0. The molecule has 5 heteroatoms. The summed E-state index contributed by atoms with van der Waals surface area (Å²) in [5.74, 6) is -0.171. The van der Waals surface area contributed by atoms with Crippen molar-refractivity contribution in [3.8, 4) is 0 Å². The Kier molecular flexibility index (Phi) is 4.33. The van der Waals surface area contributed by atoms with Gasteiger partial charge in [0.1, 0.15) is 5.15 Å². The molecule has 2 rings (SSSR count). The van der Waals surface area contributed by atoms with Gasteiger partial charge in [0.15, 0.2) is 0 Å². The average molecular weight is 326 g/mol. The lowest BCUT2D eigenvalue weighted by molar-refractivity contribution is 0.0950. The number of aromatic nitrogens is 1. The van der Waals surface area contributed by atoms with E-state index in [1.54, 1.807) is 12.1 Å². The van der Waals surface area contributed by atoms with Crippen molar-refractivity contribution in [1.82, 2.24) is 10.3 Å². The molecule has 18 heavy (non-hydrogen) atoms. The number of nitrogens with one attached hydrogen (secondary N) is 1. The Labute approximate surface area is 118 Å². The number of benzene rings is 1. The molecule has 0 aliphatic carbocycles. The van der Waals surface area contributed by atoms with Gasteiger partial charge in [0.2, 0.25) is 0 Å². The molecule has 0 radical (unpaired) electrons. The fourth-order valence-corrected chi connectivity index (χ4v) is 1.97. The minimum absolute atomic E-state index is 0.171. The molecule has 1 N–H and O–H groups in total. The standard InChI is InChI=1S/C13H10BrClN2O/c14-11-4-2-1-3-9(11)7-17-13(18)10-5-6-12(15)16-8-10/h1-6,8H,7H2,(H,17,18). The molecule has 0 atom stereocenters. The molecule has 0 saturated heterocycles. The van der Waals surface area contributed by atoms with E-state index in [1.807, 2.05) is 24.3 Å². The summed E-state index contributed by atoms with van der Waals surface area (Å²) in [4.78, 5) is 15.7. The van der Waals surface area contributed by atoms with E-state index in [0.29, 0.717) is 17.3 Å². The number of hydrogen-bond donors (Lipinski definition) is 1. The Bertz CT molecular complexity index is 557. The smallest absolute Gasteiger partial charge is 0.253 e. The van der Waals surface area contributed by atoms with Crippen molar-refractivity contribution in [1.29, 1.82) is 0 Å². The van der Waals surface area contributed by atoms with Crippen molar-refractivity contribution in [2.75, 3.05) is 0 Å². The van der Waals surface area contributed by atoms with Crippen molar-refractivity contribution in [3.05, 3.63) is 63.3 Å². The van der Waals surface area contributed by atoms with Gasteiger partial charge in [-0.3, -0.25) is 4.79 Å². The zero-order valence-corrected chi connectivity index (χ0v) is 11.7. The monoisotopic (exact) mass is 324 g/mol. The normalized spacial score (nSPS) is 10.1. The third-order valence-corrected chi connectivity index (χ3v) is 3.38. The summed E-state index contributed by atoms with van der Waals surface area (Å²) in [5.41, 5.74) is 1.51. The van der Waals surface area contributed by atoms with Gasteiger partial charge in [0.05, 0.1) is 5.56 Å². The van der Waals surface area contributed by atoms with Crippen LogP contribution in [0.15, 0.2) is 47.1 Å². The second kappa shape index (κ2) is 5.98. The molecule has 2 aromatic rings. The number of pyridine rings is 1. The quantitative estimate of drug-likeness (QED) is 0.879. The highest BCUT2D eigenvalue weighted by Crippen LogP contribution is 2.15. The van der Waals surface area contributed by atoms with E-state index in [1.165, 1.54) is 6.20 Å². The lowest BCUT2D eigenvalue weighted by Gasteiger charge is -2.06. The second-order valence-electron chi connectivity index (χ2n) is 3.64. The summed E-state index contributed by atoms with van der Waals surface area (Å²) in [7, 11) is 0. The minimum atomic E-state index is -0.171. The first kappa shape index (κ1) is 13.1. The predicted molar refractivity (Wildman–Crippen MR) is 74.6 cm³/mol. The molecule has 0 bridgehead atoms. The topological polar surface area (TPSA) is 42.0 Å². The Morgan fingerprint density at radius 3 is 2.72 bits per heavy atom. The van der Waals surface area contributed by atoms with Gasteiger partial charge >= 0.3 is 0 Å². The number of carbonyl (C=O) groups is 1. The van der Waals surface area contributed by atoms with Crippen LogP contribution in [-0.2, 0) is 6.54 Å². The fourth-order valence-electron chi connectivity index (χ4n) is 1.43. The highest BCUT2D eigenvalue weighted by molar-refractivity contribution is 9.10. The summed E-state index contributed by atoms with van der Waals surface area (Å²) in [5, 5.41) is 3.20. The molecule has 3 nitrogen and oxygen atoms in total. The third-order valence-electron chi connectivity index (χ3n) is 2.39. The van der Waals surface area contributed by atoms with Gasteiger partial charge in [0.25, 0.3) is 5.91 Å². The second-order valence-corrected chi connectivity index (χ2v) is 4.89. The molecule has 1 aromatic heterocycles. The Hall–Kier alpha value is -1.39. The van der Waals surface area contributed by atoms with Gasteiger partial charge in [0, 0.05) is 17.2 Å². The molecular weight excluding hydrogens is 316 g/mol. The number of nitrogens with zero attached hydrogens (tertiary/aromatic N) is 1. The fraction of sp³-hybridized carbons (Fsp3) is 0.0769. The summed E-state index contributed by atoms with van der Waals surface area (Å²) < 4.78 is 0.972. The van der Waals surface area contributed by atoms with Gasteiger partial charge in [-0.15, -0.1) is 0 Å². The number of halogens is 2. The number of carbonyl (C=O) groups excluding carboxylic acids is 1.